The highest BCUT2D eigenvalue weighted by molar-refractivity contribution is 7.16. The van der Waals surface area contributed by atoms with Gasteiger partial charge in [0.2, 0.25) is 11.9 Å². The van der Waals surface area contributed by atoms with Gasteiger partial charge >= 0.3 is 0 Å². The molecule has 0 saturated heterocycles. The van der Waals surface area contributed by atoms with E-state index in [2.05, 4.69) is 15.3 Å². The molecule has 0 radical (unpaired) electrons. The lowest BCUT2D eigenvalue weighted by atomic mass is 10.4. The van der Waals surface area contributed by atoms with E-state index in [9.17, 15) is 4.79 Å². The number of hydrogen-bond donors (Lipinski definition) is 1. The summed E-state index contributed by atoms with van der Waals surface area (Å²) in [6.07, 6.45) is 1.70. The Morgan fingerprint density at radius 1 is 1.62 bits per heavy atom. The standard InChI is InChI=1S/C8H7N3OS/c1-5(12)10-8-9-4-6-2-3-13-7(6)11-8/h2-4H,1H3,(H,9,10,11,12). The summed E-state index contributed by atoms with van der Waals surface area (Å²) in [4.78, 5) is 19.7. The number of rotatable bonds is 1. The number of nitrogens with zero attached hydrogens (tertiary/aromatic N) is 2. The Morgan fingerprint density at radius 2 is 2.46 bits per heavy atom. The highest BCUT2D eigenvalue weighted by Gasteiger charge is 2.01. The number of amides is 1. The van der Waals surface area contributed by atoms with E-state index in [1.807, 2.05) is 11.4 Å². The minimum absolute atomic E-state index is 0.157. The fourth-order valence-corrected chi connectivity index (χ4v) is 1.71. The van der Waals surface area contributed by atoms with Crippen molar-refractivity contribution in [2.24, 2.45) is 0 Å². The third kappa shape index (κ3) is 1.65. The molecule has 2 aromatic rings. The van der Waals surface area contributed by atoms with Crippen LogP contribution in [0.15, 0.2) is 17.6 Å². The van der Waals surface area contributed by atoms with Crippen molar-refractivity contribution in [1.82, 2.24) is 9.97 Å². The zero-order chi connectivity index (χ0) is 9.26. The first-order valence-corrected chi connectivity index (χ1v) is 4.61. The van der Waals surface area contributed by atoms with Crippen molar-refractivity contribution < 1.29 is 4.79 Å². The molecule has 1 N–H and O–H groups in total. The predicted octanol–water partition coefficient (Wildman–Crippen LogP) is 1.65. The molecule has 4 nitrogen and oxygen atoms in total. The molecule has 0 aromatic carbocycles. The summed E-state index contributed by atoms with van der Waals surface area (Å²) in [6.45, 7) is 1.43. The Kier molecular flexibility index (Phi) is 1.94. The zero-order valence-electron chi connectivity index (χ0n) is 6.94. The second kappa shape index (κ2) is 3.10. The number of thiophene rings is 1. The lowest BCUT2D eigenvalue weighted by molar-refractivity contribution is -0.114. The molecule has 13 heavy (non-hydrogen) atoms. The summed E-state index contributed by atoms with van der Waals surface area (Å²) >= 11 is 1.53. The maximum Gasteiger partial charge on any atom is 0.230 e. The Hall–Kier alpha value is -1.49. The molecular formula is C8H7N3OS. The fraction of sp³-hybridized carbons (Fsp3) is 0.125. The topological polar surface area (TPSA) is 54.9 Å². The molecule has 0 aliphatic heterocycles. The summed E-state index contributed by atoms with van der Waals surface area (Å²) in [5, 5.41) is 5.47. The molecule has 0 unspecified atom stereocenters. The Labute approximate surface area is 78.6 Å². The van der Waals surface area contributed by atoms with Gasteiger partial charge in [0.25, 0.3) is 0 Å². The van der Waals surface area contributed by atoms with Gasteiger partial charge in [0.1, 0.15) is 4.83 Å². The maximum absolute atomic E-state index is 10.7. The van der Waals surface area contributed by atoms with E-state index in [-0.39, 0.29) is 5.91 Å². The molecule has 0 fully saturated rings. The van der Waals surface area contributed by atoms with Crippen LogP contribution in [0.1, 0.15) is 6.92 Å². The highest BCUT2D eigenvalue weighted by atomic mass is 32.1. The van der Waals surface area contributed by atoms with Gasteiger partial charge < -0.3 is 0 Å². The minimum atomic E-state index is -0.157. The van der Waals surface area contributed by atoms with E-state index in [0.717, 1.165) is 10.2 Å². The van der Waals surface area contributed by atoms with Gasteiger partial charge in [0.15, 0.2) is 0 Å². The van der Waals surface area contributed by atoms with Crippen molar-refractivity contribution in [2.75, 3.05) is 5.32 Å². The van der Waals surface area contributed by atoms with Crippen LogP contribution in [0.3, 0.4) is 0 Å². The smallest absolute Gasteiger partial charge is 0.230 e. The van der Waals surface area contributed by atoms with Crippen LogP contribution in [-0.4, -0.2) is 15.9 Å². The number of aromatic nitrogens is 2. The molecule has 0 bridgehead atoms. The molecule has 5 heteroatoms. The lowest BCUT2D eigenvalue weighted by Crippen LogP contribution is -2.08. The molecule has 0 aliphatic carbocycles. The molecule has 2 aromatic heterocycles. The molecule has 0 saturated carbocycles. The van der Waals surface area contributed by atoms with E-state index in [0.29, 0.717) is 5.95 Å². The first-order valence-electron chi connectivity index (χ1n) is 3.73. The van der Waals surface area contributed by atoms with Gasteiger partial charge in [-0.15, -0.1) is 11.3 Å². The van der Waals surface area contributed by atoms with Crippen LogP contribution in [-0.2, 0) is 4.79 Å². The van der Waals surface area contributed by atoms with Gasteiger partial charge in [-0.1, -0.05) is 0 Å². The highest BCUT2D eigenvalue weighted by Crippen LogP contribution is 2.18. The summed E-state index contributed by atoms with van der Waals surface area (Å²) in [5.74, 6) is 0.207. The first kappa shape index (κ1) is 8.12. The second-order valence-corrected chi connectivity index (χ2v) is 3.45. The Balaban J connectivity index is 2.42. The van der Waals surface area contributed by atoms with Gasteiger partial charge in [-0.2, -0.15) is 0 Å². The van der Waals surface area contributed by atoms with Crippen LogP contribution >= 0.6 is 11.3 Å². The van der Waals surface area contributed by atoms with E-state index < -0.39 is 0 Å². The second-order valence-electron chi connectivity index (χ2n) is 2.56. The number of fused-ring (bicyclic) bond motifs is 1. The molecular weight excluding hydrogens is 186 g/mol. The monoisotopic (exact) mass is 193 g/mol. The summed E-state index contributed by atoms with van der Waals surface area (Å²) in [5.41, 5.74) is 0. The molecule has 2 rings (SSSR count). The largest absolute Gasteiger partial charge is 0.295 e. The van der Waals surface area contributed by atoms with Crippen LogP contribution < -0.4 is 5.32 Å². The number of carbonyl (C=O) groups is 1. The molecule has 0 spiro atoms. The minimum Gasteiger partial charge on any atom is -0.295 e. The van der Waals surface area contributed by atoms with Crippen LogP contribution in [0, 0.1) is 0 Å². The van der Waals surface area contributed by atoms with Crippen LogP contribution in [0.25, 0.3) is 10.2 Å². The van der Waals surface area contributed by atoms with E-state index in [1.54, 1.807) is 6.20 Å². The van der Waals surface area contributed by atoms with Gasteiger partial charge in [0.05, 0.1) is 0 Å². The summed E-state index contributed by atoms with van der Waals surface area (Å²) in [7, 11) is 0. The van der Waals surface area contributed by atoms with E-state index in [4.69, 9.17) is 0 Å². The SMILES string of the molecule is CC(=O)Nc1ncc2ccsc2n1. The van der Waals surface area contributed by atoms with Gasteiger partial charge in [-0.25, -0.2) is 9.97 Å². The number of hydrogen-bond acceptors (Lipinski definition) is 4. The van der Waals surface area contributed by atoms with Crippen LogP contribution in [0.2, 0.25) is 0 Å². The molecule has 66 valence electrons. The quantitative estimate of drug-likeness (QED) is 0.749. The predicted molar refractivity (Wildman–Crippen MR) is 51.7 cm³/mol. The molecule has 0 atom stereocenters. The van der Waals surface area contributed by atoms with Crippen molar-refractivity contribution in [3.63, 3.8) is 0 Å². The average molecular weight is 193 g/mol. The first-order chi connectivity index (χ1) is 6.25. The normalized spacial score (nSPS) is 10.2. The van der Waals surface area contributed by atoms with Crippen LogP contribution in [0.5, 0.6) is 0 Å². The number of carbonyl (C=O) groups excluding carboxylic acids is 1. The van der Waals surface area contributed by atoms with E-state index in [1.165, 1.54) is 18.3 Å². The average Bonchev–Trinajstić information content (AvgIpc) is 2.49. The van der Waals surface area contributed by atoms with Gasteiger partial charge in [0, 0.05) is 18.5 Å². The third-order valence-corrected chi connectivity index (χ3v) is 2.32. The molecule has 2 heterocycles. The van der Waals surface area contributed by atoms with Gasteiger partial charge in [-0.3, -0.25) is 10.1 Å². The zero-order valence-corrected chi connectivity index (χ0v) is 7.76. The maximum atomic E-state index is 10.7. The van der Waals surface area contributed by atoms with Crippen LogP contribution in [0.4, 0.5) is 5.95 Å². The Bertz CT molecular complexity index is 451. The van der Waals surface area contributed by atoms with Crippen molar-refractivity contribution in [2.45, 2.75) is 6.92 Å². The van der Waals surface area contributed by atoms with E-state index >= 15 is 0 Å². The Morgan fingerprint density at radius 3 is 3.23 bits per heavy atom. The molecule has 1 amide bonds. The number of nitrogens with one attached hydrogen (secondary N) is 1. The van der Waals surface area contributed by atoms with Crippen molar-refractivity contribution in [3.8, 4) is 0 Å². The van der Waals surface area contributed by atoms with Crippen molar-refractivity contribution >= 4 is 33.4 Å². The molecule has 0 aliphatic rings. The van der Waals surface area contributed by atoms with Crippen molar-refractivity contribution in [3.05, 3.63) is 17.6 Å². The summed E-state index contributed by atoms with van der Waals surface area (Å²) in [6, 6.07) is 1.94. The summed E-state index contributed by atoms with van der Waals surface area (Å²) < 4.78 is 0. The third-order valence-electron chi connectivity index (χ3n) is 1.50. The number of anilines is 1. The van der Waals surface area contributed by atoms with Crippen molar-refractivity contribution in [1.29, 1.82) is 0 Å². The fourth-order valence-electron chi connectivity index (χ4n) is 0.974. The van der Waals surface area contributed by atoms with Gasteiger partial charge in [-0.05, 0) is 11.4 Å². The lowest BCUT2D eigenvalue weighted by Gasteiger charge is -1.97.